The van der Waals surface area contributed by atoms with Crippen LogP contribution in [0.2, 0.25) is 0 Å². The normalized spacial score (nSPS) is 12.5. The van der Waals surface area contributed by atoms with Crippen LogP contribution in [0.1, 0.15) is 39.2 Å². The van der Waals surface area contributed by atoms with Gasteiger partial charge in [-0.2, -0.15) is 0 Å². The van der Waals surface area contributed by atoms with E-state index in [1.54, 1.807) is 0 Å². The van der Waals surface area contributed by atoms with Crippen molar-refractivity contribution in [3.63, 3.8) is 0 Å². The van der Waals surface area contributed by atoms with Crippen LogP contribution >= 0.6 is 0 Å². The Balaban J connectivity index is 2.65. The zero-order chi connectivity index (χ0) is 15.9. The second-order valence-electron chi connectivity index (χ2n) is 5.59. The van der Waals surface area contributed by atoms with Gasteiger partial charge in [-0.1, -0.05) is 51.1 Å². The maximum absolute atomic E-state index is 11.9. The van der Waals surface area contributed by atoms with Gasteiger partial charge in [0.2, 0.25) is 0 Å². The lowest BCUT2D eigenvalue weighted by molar-refractivity contribution is -0.136. The number of amides is 2. The van der Waals surface area contributed by atoms with Crippen molar-refractivity contribution >= 4 is 12.0 Å². The molecule has 0 fully saturated rings. The highest BCUT2D eigenvalue weighted by molar-refractivity contribution is 5.75. The fourth-order valence-corrected chi connectivity index (χ4v) is 2.35. The lowest BCUT2D eigenvalue weighted by atomic mass is 9.76. The van der Waals surface area contributed by atoms with E-state index in [4.69, 9.17) is 5.11 Å². The highest BCUT2D eigenvalue weighted by Gasteiger charge is 2.31. The summed E-state index contributed by atoms with van der Waals surface area (Å²) >= 11 is 0. The van der Waals surface area contributed by atoms with Crippen molar-refractivity contribution in [2.24, 2.45) is 0 Å². The van der Waals surface area contributed by atoms with Gasteiger partial charge in [-0.05, 0) is 12.0 Å². The van der Waals surface area contributed by atoms with Crippen molar-refractivity contribution in [2.45, 2.75) is 45.1 Å². The molecule has 116 valence electrons. The number of hydrogen-bond donors (Lipinski definition) is 3. The van der Waals surface area contributed by atoms with Gasteiger partial charge in [-0.15, -0.1) is 0 Å². The van der Waals surface area contributed by atoms with Crippen LogP contribution in [0.5, 0.6) is 0 Å². The molecular formula is C16H24N2O3. The average molecular weight is 292 g/mol. The molecule has 1 aromatic carbocycles. The first-order valence-corrected chi connectivity index (χ1v) is 7.19. The summed E-state index contributed by atoms with van der Waals surface area (Å²) in [4.78, 5) is 22.3. The summed E-state index contributed by atoms with van der Waals surface area (Å²) < 4.78 is 0. The van der Waals surface area contributed by atoms with Crippen molar-refractivity contribution in [3.05, 3.63) is 35.9 Å². The van der Waals surface area contributed by atoms with Gasteiger partial charge in [0.25, 0.3) is 0 Å². The SMILES string of the molecule is CCC(NC(=O)NCCC(=O)O)C(C)(C)c1ccccc1. The van der Waals surface area contributed by atoms with Crippen LogP contribution in [0.25, 0.3) is 0 Å². The number of carbonyl (C=O) groups excluding carboxylic acids is 1. The van der Waals surface area contributed by atoms with Gasteiger partial charge >= 0.3 is 12.0 Å². The summed E-state index contributed by atoms with van der Waals surface area (Å²) in [7, 11) is 0. The highest BCUT2D eigenvalue weighted by atomic mass is 16.4. The summed E-state index contributed by atoms with van der Waals surface area (Å²) in [5.41, 5.74) is 0.947. The predicted octanol–water partition coefficient (Wildman–Crippen LogP) is 2.52. The van der Waals surface area contributed by atoms with Crippen LogP contribution in [-0.2, 0) is 10.2 Å². The first-order chi connectivity index (χ1) is 9.87. The third kappa shape index (κ3) is 5.10. The van der Waals surface area contributed by atoms with Gasteiger partial charge in [0.15, 0.2) is 0 Å². The standard InChI is InChI=1S/C16H24N2O3/c1-4-13(18-15(21)17-11-10-14(19)20)16(2,3)12-8-6-5-7-9-12/h5-9,13H,4,10-11H2,1-3H3,(H,19,20)(H2,17,18,21). The molecular weight excluding hydrogens is 268 g/mol. The zero-order valence-electron chi connectivity index (χ0n) is 12.8. The molecule has 0 aliphatic carbocycles. The van der Waals surface area contributed by atoms with Gasteiger partial charge in [0, 0.05) is 18.0 Å². The fourth-order valence-electron chi connectivity index (χ4n) is 2.35. The summed E-state index contributed by atoms with van der Waals surface area (Å²) in [5, 5.41) is 14.1. The molecule has 5 heteroatoms. The zero-order valence-corrected chi connectivity index (χ0v) is 12.8. The predicted molar refractivity (Wildman–Crippen MR) is 82.3 cm³/mol. The maximum Gasteiger partial charge on any atom is 0.315 e. The van der Waals surface area contributed by atoms with Gasteiger partial charge in [0.1, 0.15) is 0 Å². The first kappa shape index (κ1) is 17.0. The van der Waals surface area contributed by atoms with E-state index in [2.05, 4.69) is 24.5 Å². The summed E-state index contributed by atoms with van der Waals surface area (Å²) in [6.07, 6.45) is 0.709. The first-order valence-electron chi connectivity index (χ1n) is 7.19. The Bertz CT molecular complexity index is 472. The van der Waals surface area contributed by atoms with E-state index in [-0.39, 0.29) is 30.5 Å². The molecule has 1 rings (SSSR count). The van der Waals surface area contributed by atoms with E-state index in [0.717, 1.165) is 12.0 Å². The Morgan fingerprint density at radius 2 is 1.86 bits per heavy atom. The Labute approximate surface area is 125 Å². The van der Waals surface area contributed by atoms with Gasteiger partial charge in [-0.25, -0.2) is 4.79 Å². The van der Waals surface area contributed by atoms with Crippen molar-refractivity contribution in [2.75, 3.05) is 6.54 Å². The molecule has 1 aromatic rings. The van der Waals surface area contributed by atoms with Crippen molar-refractivity contribution in [1.82, 2.24) is 10.6 Å². The minimum absolute atomic E-state index is 0.0373. The number of aliphatic carboxylic acids is 1. The molecule has 3 N–H and O–H groups in total. The number of carboxylic acid groups (broad SMARTS) is 1. The second-order valence-corrected chi connectivity index (χ2v) is 5.59. The van der Waals surface area contributed by atoms with Crippen LogP contribution in [0, 0.1) is 0 Å². The van der Waals surface area contributed by atoms with E-state index in [1.807, 2.05) is 37.3 Å². The Hall–Kier alpha value is -2.04. The quantitative estimate of drug-likeness (QED) is 0.722. The molecule has 0 heterocycles. The van der Waals surface area contributed by atoms with Crippen LogP contribution in [-0.4, -0.2) is 29.7 Å². The van der Waals surface area contributed by atoms with E-state index in [0.29, 0.717) is 0 Å². The van der Waals surface area contributed by atoms with Crippen molar-refractivity contribution in [3.8, 4) is 0 Å². The average Bonchev–Trinajstić information content (AvgIpc) is 2.45. The minimum atomic E-state index is -0.924. The van der Waals surface area contributed by atoms with E-state index >= 15 is 0 Å². The topological polar surface area (TPSA) is 78.4 Å². The largest absolute Gasteiger partial charge is 0.481 e. The van der Waals surface area contributed by atoms with Gasteiger partial charge in [-0.3, -0.25) is 4.79 Å². The molecule has 0 saturated carbocycles. The van der Waals surface area contributed by atoms with Gasteiger partial charge in [0.05, 0.1) is 6.42 Å². The molecule has 0 spiro atoms. The number of nitrogens with one attached hydrogen (secondary N) is 2. The van der Waals surface area contributed by atoms with Gasteiger partial charge < -0.3 is 15.7 Å². The minimum Gasteiger partial charge on any atom is -0.481 e. The molecule has 1 unspecified atom stereocenters. The molecule has 0 saturated heterocycles. The lowest BCUT2D eigenvalue weighted by Crippen LogP contribution is -2.50. The van der Waals surface area contributed by atoms with Crippen molar-refractivity contribution in [1.29, 1.82) is 0 Å². The van der Waals surface area contributed by atoms with E-state index in [9.17, 15) is 9.59 Å². The summed E-state index contributed by atoms with van der Waals surface area (Å²) in [6.45, 7) is 6.33. The second kappa shape index (κ2) is 7.67. The highest BCUT2D eigenvalue weighted by Crippen LogP contribution is 2.28. The monoisotopic (exact) mass is 292 g/mol. The number of rotatable bonds is 7. The molecule has 0 aliphatic rings. The lowest BCUT2D eigenvalue weighted by Gasteiger charge is -2.35. The Morgan fingerprint density at radius 3 is 2.38 bits per heavy atom. The molecule has 2 amide bonds. The third-order valence-electron chi connectivity index (χ3n) is 3.73. The fraction of sp³-hybridized carbons (Fsp3) is 0.500. The Kier molecular flexibility index (Phi) is 6.21. The third-order valence-corrected chi connectivity index (χ3v) is 3.73. The van der Waals surface area contributed by atoms with Crippen LogP contribution in [0.4, 0.5) is 4.79 Å². The van der Waals surface area contributed by atoms with E-state index < -0.39 is 5.97 Å². The molecule has 5 nitrogen and oxygen atoms in total. The molecule has 0 bridgehead atoms. The van der Waals surface area contributed by atoms with Crippen molar-refractivity contribution < 1.29 is 14.7 Å². The maximum atomic E-state index is 11.9. The molecule has 1 atom stereocenters. The van der Waals surface area contributed by atoms with Crippen LogP contribution in [0.15, 0.2) is 30.3 Å². The van der Waals surface area contributed by atoms with Crippen LogP contribution in [0.3, 0.4) is 0 Å². The number of benzene rings is 1. The molecule has 0 aliphatic heterocycles. The Morgan fingerprint density at radius 1 is 1.24 bits per heavy atom. The number of carboxylic acids is 1. The summed E-state index contributed by atoms with van der Waals surface area (Å²) in [6, 6.07) is 9.66. The number of hydrogen-bond acceptors (Lipinski definition) is 2. The van der Waals surface area contributed by atoms with Crippen LogP contribution < -0.4 is 10.6 Å². The smallest absolute Gasteiger partial charge is 0.315 e. The molecule has 21 heavy (non-hydrogen) atoms. The number of carbonyl (C=O) groups is 2. The number of urea groups is 1. The van der Waals surface area contributed by atoms with E-state index in [1.165, 1.54) is 0 Å². The molecule has 0 radical (unpaired) electrons. The summed E-state index contributed by atoms with van der Waals surface area (Å²) in [5.74, 6) is -0.924. The molecule has 0 aromatic heterocycles.